The molecule has 142 valence electrons. The highest BCUT2D eigenvalue weighted by atomic mass is 79.9. The molecule has 1 amide bonds. The summed E-state index contributed by atoms with van der Waals surface area (Å²) in [4.78, 5) is 29.7. The van der Waals surface area contributed by atoms with Gasteiger partial charge in [-0.3, -0.25) is 14.2 Å². The largest absolute Gasteiger partial charge is 0.353 e. The lowest BCUT2D eigenvalue weighted by Crippen LogP contribution is -2.33. The highest BCUT2D eigenvalue weighted by Gasteiger charge is 2.14. The van der Waals surface area contributed by atoms with Crippen LogP contribution in [0.3, 0.4) is 0 Å². The van der Waals surface area contributed by atoms with E-state index in [4.69, 9.17) is 0 Å². The van der Waals surface area contributed by atoms with Crippen LogP contribution in [-0.4, -0.2) is 27.3 Å². The number of carbonyl (C=O) groups excluding carboxylic acids is 1. The summed E-state index contributed by atoms with van der Waals surface area (Å²) in [6, 6.07) is 5.67. The number of carbonyl (C=O) groups is 1. The molecule has 1 N–H and O–H groups in total. The van der Waals surface area contributed by atoms with E-state index in [-0.39, 0.29) is 23.3 Å². The van der Waals surface area contributed by atoms with Crippen molar-refractivity contribution in [2.24, 2.45) is 0 Å². The van der Waals surface area contributed by atoms with Crippen LogP contribution in [-0.2, 0) is 11.3 Å². The van der Waals surface area contributed by atoms with Crippen molar-refractivity contribution >= 4 is 44.5 Å². The molecular formula is C19H26BrN3O2S. The summed E-state index contributed by atoms with van der Waals surface area (Å²) in [5.74, 6) is 0.224. The smallest absolute Gasteiger partial charge is 0.262 e. The van der Waals surface area contributed by atoms with Gasteiger partial charge in [-0.2, -0.15) is 0 Å². The average Bonchev–Trinajstić information content (AvgIpc) is 2.62. The Balaban J connectivity index is 2.30. The maximum absolute atomic E-state index is 13.0. The van der Waals surface area contributed by atoms with Crippen LogP contribution >= 0.6 is 27.7 Å². The van der Waals surface area contributed by atoms with Crippen molar-refractivity contribution in [1.82, 2.24) is 14.9 Å². The molecule has 0 spiro atoms. The Morgan fingerprint density at radius 2 is 2.12 bits per heavy atom. The molecule has 0 radical (unpaired) electrons. The molecule has 7 heteroatoms. The van der Waals surface area contributed by atoms with Crippen molar-refractivity contribution in [2.45, 2.75) is 64.2 Å². The minimum absolute atomic E-state index is 0.0328. The molecule has 1 unspecified atom stereocenters. The number of hydrogen-bond donors (Lipinski definition) is 1. The first kappa shape index (κ1) is 21.0. The number of benzene rings is 1. The summed E-state index contributed by atoms with van der Waals surface area (Å²) < 4.78 is 2.57. The summed E-state index contributed by atoms with van der Waals surface area (Å²) in [6.07, 6.45) is 3.95. The Morgan fingerprint density at radius 3 is 2.81 bits per heavy atom. The molecule has 1 atom stereocenters. The van der Waals surface area contributed by atoms with E-state index < -0.39 is 0 Å². The molecule has 0 aliphatic rings. The lowest BCUT2D eigenvalue weighted by atomic mass is 10.2. The van der Waals surface area contributed by atoms with Gasteiger partial charge in [0.05, 0.1) is 16.7 Å². The molecule has 5 nitrogen and oxygen atoms in total. The molecule has 0 bridgehead atoms. The fourth-order valence-electron chi connectivity index (χ4n) is 2.55. The van der Waals surface area contributed by atoms with Gasteiger partial charge in [0.2, 0.25) is 5.91 Å². The van der Waals surface area contributed by atoms with Gasteiger partial charge in [-0.05, 0) is 38.0 Å². The third-order valence-corrected chi connectivity index (χ3v) is 5.69. The number of hydrogen-bond acceptors (Lipinski definition) is 4. The second-order valence-electron chi connectivity index (χ2n) is 6.39. The van der Waals surface area contributed by atoms with Crippen LogP contribution in [0, 0.1) is 0 Å². The Bertz CT molecular complexity index is 822. The van der Waals surface area contributed by atoms with Gasteiger partial charge in [0.25, 0.3) is 5.56 Å². The minimum Gasteiger partial charge on any atom is -0.353 e. The molecule has 0 aliphatic heterocycles. The van der Waals surface area contributed by atoms with Crippen LogP contribution in [0.5, 0.6) is 0 Å². The van der Waals surface area contributed by atoms with Crippen LogP contribution in [0.25, 0.3) is 10.9 Å². The van der Waals surface area contributed by atoms with Gasteiger partial charge in [-0.25, -0.2) is 4.98 Å². The zero-order valence-corrected chi connectivity index (χ0v) is 18.0. The van der Waals surface area contributed by atoms with Gasteiger partial charge < -0.3 is 5.32 Å². The van der Waals surface area contributed by atoms with E-state index in [1.54, 1.807) is 4.57 Å². The van der Waals surface area contributed by atoms with Crippen molar-refractivity contribution in [1.29, 1.82) is 0 Å². The molecule has 2 rings (SSSR count). The maximum Gasteiger partial charge on any atom is 0.262 e. The molecule has 0 saturated heterocycles. The molecule has 1 aromatic heterocycles. The molecule has 1 aromatic carbocycles. The van der Waals surface area contributed by atoms with E-state index in [2.05, 4.69) is 33.2 Å². The number of nitrogens with zero attached hydrogens (tertiary/aromatic N) is 2. The third kappa shape index (κ3) is 5.58. The normalized spacial score (nSPS) is 12.3. The Labute approximate surface area is 167 Å². The van der Waals surface area contributed by atoms with Gasteiger partial charge >= 0.3 is 0 Å². The van der Waals surface area contributed by atoms with Crippen LogP contribution in [0.1, 0.15) is 46.5 Å². The number of fused-ring (bicyclic) bond motifs is 1. The lowest BCUT2D eigenvalue weighted by Gasteiger charge is -2.14. The first-order chi connectivity index (χ1) is 12.5. The molecule has 0 saturated carbocycles. The average molecular weight is 440 g/mol. The number of amides is 1. The van der Waals surface area contributed by atoms with Crippen molar-refractivity contribution in [3.8, 4) is 0 Å². The van der Waals surface area contributed by atoms with E-state index in [1.807, 2.05) is 32.0 Å². The van der Waals surface area contributed by atoms with E-state index in [0.29, 0.717) is 22.6 Å². The van der Waals surface area contributed by atoms with Crippen molar-refractivity contribution in [3.63, 3.8) is 0 Å². The minimum atomic E-state index is -0.0442. The topological polar surface area (TPSA) is 64.0 Å². The van der Waals surface area contributed by atoms with E-state index in [9.17, 15) is 9.59 Å². The van der Waals surface area contributed by atoms with Gasteiger partial charge in [0, 0.05) is 17.1 Å². The molecule has 0 fully saturated rings. The second kappa shape index (κ2) is 10.1. The van der Waals surface area contributed by atoms with Gasteiger partial charge in [-0.15, -0.1) is 0 Å². The van der Waals surface area contributed by atoms with Gasteiger partial charge in [-0.1, -0.05) is 54.4 Å². The molecule has 26 heavy (non-hydrogen) atoms. The number of aromatic nitrogens is 2. The second-order valence-corrected chi connectivity index (χ2v) is 8.24. The third-order valence-electron chi connectivity index (χ3n) is 4.22. The van der Waals surface area contributed by atoms with Crippen LogP contribution in [0.15, 0.2) is 32.6 Å². The summed E-state index contributed by atoms with van der Waals surface area (Å²) in [6.45, 7) is 6.77. The Kier molecular flexibility index (Phi) is 8.15. The van der Waals surface area contributed by atoms with E-state index in [1.165, 1.54) is 11.8 Å². The molecule has 0 aliphatic carbocycles. The molecule has 2 aromatic rings. The number of nitrogens with one attached hydrogen (secondary N) is 1. The predicted octanol–water partition coefficient (Wildman–Crippen LogP) is 4.36. The summed E-state index contributed by atoms with van der Waals surface area (Å²) >= 11 is 4.75. The van der Waals surface area contributed by atoms with Crippen molar-refractivity contribution < 1.29 is 4.79 Å². The van der Waals surface area contributed by atoms with Gasteiger partial charge in [0.1, 0.15) is 0 Å². The zero-order valence-electron chi connectivity index (χ0n) is 15.5. The number of rotatable bonds is 9. The first-order valence-corrected chi connectivity index (χ1v) is 10.9. The number of halogens is 1. The van der Waals surface area contributed by atoms with Crippen molar-refractivity contribution in [2.75, 3.05) is 5.75 Å². The number of thioether (sulfide) groups is 1. The zero-order chi connectivity index (χ0) is 19.1. The molecular weight excluding hydrogens is 414 g/mol. The Morgan fingerprint density at radius 1 is 1.35 bits per heavy atom. The van der Waals surface area contributed by atoms with E-state index >= 15 is 0 Å². The van der Waals surface area contributed by atoms with Crippen LogP contribution < -0.4 is 10.9 Å². The maximum atomic E-state index is 13.0. The monoisotopic (exact) mass is 439 g/mol. The van der Waals surface area contributed by atoms with E-state index in [0.717, 1.165) is 30.2 Å². The fourth-order valence-corrected chi connectivity index (χ4v) is 3.75. The summed E-state index contributed by atoms with van der Waals surface area (Å²) in [5, 5.41) is 4.16. The fraction of sp³-hybridized carbons (Fsp3) is 0.526. The standard InChI is InChI=1S/C19H26BrN3O2S/c1-4-6-7-10-23-18(25)15-11-14(20)8-9-16(15)22-19(23)26-12-17(24)21-13(3)5-2/h8-9,11,13H,4-7,10,12H2,1-3H3,(H,21,24). The van der Waals surface area contributed by atoms with Crippen LogP contribution in [0.2, 0.25) is 0 Å². The predicted molar refractivity (Wildman–Crippen MR) is 112 cm³/mol. The SMILES string of the molecule is CCCCCn1c(SCC(=O)NC(C)CC)nc2ccc(Br)cc2c1=O. The van der Waals surface area contributed by atoms with Crippen LogP contribution in [0.4, 0.5) is 0 Å². The first-order valence-electron chi connectivity index (χ1n) is 9.08. The lowest BCUT2D eigenvalue weighted by molar-refractivity contribution is -0.119. The quantitative estimate of drug-likeness (QED) is 0.358. The highest BCUT2D eigenvalue weighted by Crippen LogP contribution is 2.21. The molecule has 1 heterocycles. The summed E-state index contributed by atoms with van der Waals surface area (Å²) in [7, 11) is 0. The summed E-state index contributed by atoms with van der Waals surface area (Å²) in [5.41, 5.74) is 0.618. The highest BCUT2D eigenvalue weighted by molar-refractivity contribution is 9.10. The number of unbranched alkanes of at least 4 members (excludes halogenated alkanes) is 2. The van der Waals surface area contributed by atoms with Crippen molar-refractivity contribution in [3.05, 3.63) is 33.0 Å². The van der Waals surface area contributed by atoms with Gasteiger partial charge in [0.15, 0.2) is 5.16 Å². The Hall–Kier alpha value is -1.34.